The number of benzene rings is 2. The lowest BCUT2D eigenvalue weighted by Crippen LogP contribution is -2.38. The van der Waals surface area contributed by atoms with Gasteiger partial charge in [0.05, 0.1) is 11.1 Å². The summed E-state index contributed by atoms with van der Waals surface area (Å²) in [6, 6.07) is 10.4. The van der Waals surface area contributed by atoms with Crippen LogP contribution in [-0.2, 0) is 10.9 Å². The van der Waals surface area contributed by atoms with E-state index in [2.05, 4.69) is 32.5 Å². The summed E-state index contributed by atoms with van der Waals surface area (Å²) in [5.74, 6) is 1.77. The van der Waals surface area contributed by atoms with Crippen LogP contribution in [0.3, 0.4) is 0 Å². The number of nitrogens with one attached hydrogen (secondary N) is 2. The molecule has 1 aromatic heterocycles. The van der Waals surface area contributed by atoms with Crippen molar-refractivity contribution < 1.29 is 36.7 Å². The van der Waals surface area contributed by atoms with E-state index in [1.165, 1.54) is 12.1 Å². The zero-order valence-electron chi connectivity index (χ0n) is 22.8. The second kappa shape index (κ2) is 12.5. The number of guanidine groups is 1. The number of ether oxygens (including phenoxy) is 1. The molecule has 0 radical (unpaired) electrons. The number of nitrogens with two attached hydrogens (primary N) is 1. The Labute approximate surface area is 238 Å². The predicted molar refractivity (Wildman–Crippen MR) is 146 cm³/mol. The van der Waals surface area contributed by atoms with Gasteiger partial charge in [-0.15, -0.1) is 4.99 Å². The molecule has 0 aliphatic heterocycles. The van der Waals surface area contributed by atoms with Crippen LogP contribution >= 0.6 is 0 Å². The van der Waals surface area contributed by atoms with Crippen LogP contribution in [0.25, 0.3) is 0 Å². The number of alkyl halides is 3. The van der Waals surface area contributed by atoms with Crippen molar-refractivity contribution in [1.82, 2.24) is 10.3 Å². The Morgan fingerprint density at radius 2 is 1.64 bits per heavy atom. The molecule has 218 valence electrons. The second-order valence-electron chi connectivity index (χ2n) is 9.79. The Kier molecular flexibility index (Phi) is 9.32. The van der Waals surface area contributed by atoms with Crippen molar-refractivity contribution in [1.29, 1.82) is 0 Å². The molecular weight excluding hydrogens is 558 g/mol. The topological polar surface area (TPSA) is 136 Å². The molecule has 13 heteroatoms. The first-order chi connectivity index (χ1) is 19.5. The third-order valence-electron chi connectivity index (χ3n) is 5.06. The van der Waals surface area contributed by atoms with Gasteiger partial charge in [0.15, 0.2) is 0 Å². The van der Waals surface area contributed by atoms with Crippen molar-refractivity contribution >= 4 is 29.7 Å². The largest absolute Gasteiger partial charge is 0.442 e. The van der Waals surface area contributed by atoms with Crippen molar-refractivity contribution in [3.8, 4) is 11.8 Å². The van der Waals surface area contributed by atoms with Crippen molar-refractivity contribution in [2.24, 2.45) is 10.7 Å². The van der Waals surface area contributed by atoms with E-state index in [4.69, 9.17) is 10.5 Å². The third kappa shape index (κ3) is 9.16. The molecule has 0 saturated carbocycles. The number of aromatic nitrogens is 1. The summed E-state index contributed by atoms with van der Waals surface area (Å²) in [7, 11) is 0. The van der Waals surface area contributed by atoms with Crippen LogP contribution in [0.15, 0.2) is 59.6 Å². The van der Waals surface area contributed by atoms with E-state index in [0.29, 0.717) is 11.8 Å². The average Bonchev–Trinajstić information content (AvgIpc) is 2.85. The summed E-state index contributed by atoms with van der Waals surface area (Å²) in [5.41, 5.74) is 3.13. The molecule has 4 N–H and O–H groups in total. The summed E-state index contributed by atoms with van der Waals surface area (Å²) in [4.78, 5) is 44.5. The second-order valence-corrected chi connectivity index (χ2v) is 9.79. The fourth-order valence-electron chi connectivity index (χ4n) is 3.39. The normalized spacial score (nSPS) is 11.7. The smallest absolute Gasteiger partial charge is 0.437 e. The molecule has 42 heavy (non-hydrogen) atoms. The molecular formula is C29H25F4N5O4. The number of rotatable bonds is 3. The molecule has 3 aromatic rings. The van der Waals surface area contributed by atoms with E-state index in [0.717, 1.165) is 24.3 Å². The number of hydrogen-bond acceptors (Lipinski definition) is 5. The first-order valence-corrected chi connectivity index (χ1v) is 12.2. The standard InChI is InChI=1S/C29H25F4N5O4/c1-16-6-5-7-23(35-16)36-25(40)21-14-17(10-11-22(21)29(31,32)33)8-9-18-12-19(15-20(30)13-18)24(39)37-26(34)38-27(41)42-28(2,3)4/h5-7,10-15H,1-4H3,(H,35,36,40)(H3,34,37,38,39,41). The van der Waals surface area contributed by atoms with Gasteiger partial charge in [-0.25, -0.2) is 14.2 Å². The number of aliphatic imine (C=N–C) groups is 1. The van der Waals surface area contributed by atoms with Crippen molar-refractivity contribution in [2.45, 2.75) is 39.5 Å². The van der Waals surface area contributed by atoms with Crippen molar-refractivity contribution in [3.05, 3.63) is 93.9 Å². The van der Waals surface area contributed by atoms with Gasteiger partial charge in [0.2, 0.25) is 5.96 Å². The van der Waals surface area contributed by atoms with Crippen LogP contribution in [0.2, 0.25) is 0 Å². The highest BCUT2D eigenvalue weighted by Crippen LogP contribution is 2.33. The molecule has 0 atom stereocenters. The van der Waals surface area contributed by atoms with E-state index in [9.17, 15) is 31.9 Å². The molecule has 2 aromatic carbocycles. The van der Waals surface area contributed by atoms with Crippen LogP contribution < -0.4 is 16.4 Å². The van der Waals surface area contributed by atoms with Gasteiger partial charge < -0.3 is 15.8 Å². The quantitative estimate of drug-likeness (QED) is 0.168. The Bertz CT molecular complexity index is 1630. The molecule has 0 aliphatic rings. The molecule has 3 rings (SSSR count). The number of halogens is 4. The Morgan fingerprint density at radius 1 is 0.952 bits per heavy atom. The molecule has 0 unspecified atom stereocenters. The lowest BCUT2D eigenvalue weighted by atomic mass is 10.0. The fourth-order valence-corrected chi connectivity index (χ4v) is 3.39. The maximum Gasteiger partial charge on any atom is 0.437 e. The van der Waals surface area contributed by atoms with Crippen molar-refractivity contribution in [3.63, 3.8) is 0 Å². The van der Waals surface area contributed by atoms with Gasteiger partial charge in [0.1, 0.15) is 17.2 Å². The van der Waals surface area contributed by atoms with E-state index < -0.39 is 52.6 Å². The number of anilines is 1. The van der Waals surface area contributed by atoms with E-state index >= 15 is 0 Å². The maximum atomic E-state index is 14.3. The maximum absolute atomic E-state index is 14.3. The molecule has 0 saturated heterocycles. The van der Waals surface area contributed by atoms with E-state index in [1.54, 1.807) is 39.8 Å². The molecule has 3 amide bonds. The fraction of sp³-hybridized carbons (Fsp3) is 0.207. The van der Waals surface area contributed by atoms with E-state index in [-0.39, 0.29) is 22.5 Å². The zero-order chi connectivity index (χ0) is 31.2. The van der Waals surface area contributed by atoms with Gasteiger partial charge in [0.25, 0.3) is 11.8 Å². The van der Waals surface area contributed by atoms with Gasteiger partial charge in [-0.3, -0.25) is 14.9 Å². The Hall–Kier alpha value is -5.25. The van der Waals surface area contributed by atoms with Crippen LogP contribution in [0.5, 0.6) is 0 Å². The summed E-state index contributed by atoms with van der Waals surface area (Å²) in [5, 5.41) is 4.46. The summed E-state index contributed by atoms with van der Waals surface area (Å²) in [6.07, 6.45) is -5.89. The lowest BCUT2D eigenvalue weighted by molar-refractivity contribution is -0.137. The molecule has 0 aliphatic carbocycles. The first kappa shape index (κ1) is 31.3. The highest BCUT2D eigenvalue weighted by Gasteiger charge is 2.35. The van der Waals surface area contributed by atoms with Gasteiger partial charge in [-0.05, 0) is 76.2 Å². The molecule has 0 spiro atoms. The molecule has 1 heterocycles. The Morgan fingerprint density at radius 3 is 2.29 bits per heavy atom. The minimum atomic E-state index is -4.84. The number of carbonyl (C=O) groups excluding carboxylic acids is 3. The first-order valence-electron chi connectivity index (χ1n) is 12.2. The number of hydrogen-bond donors (Lipinski definition) is 3. The van der Waals surface area contributed by atoms with Crippen LogP contribution in [-0.4, -0.2) is 34.5 Å². The SMILES string of the molecule is Cc1cccc(NC(=O)c2cc(C#Cc3cc(F)cc(C(=O)N/C(N)=N/C(=O)OC(C)(C)C)c3)ccc2C(F)(F)F)n1. The number of carbonyl (C=O) groups is 3. The number of pyridine rings is 1. The summed E-state index contributed by atoms with van der Waals surface area (Å²) in [6.45, 7) is 6.47. The summed E-state index contributed by atoms with van der Waals surface area (Å²) >= 11 is 0. The van der Waals surface area contributed by atoms with Crippen LogP contribution in [0.1, 0.15) is 63.9 Å². The van der Waals surface area contributed by atoms with Gasteiger partial charge in [0, 0.05) is 22.4 Å². The minimum absolute atomic E-state index is 0.00866. The number of aryl methyl sites for hydroxylation is 1. The lowest BCUT2D eigenvalue weighted by Gasteiger charge is -2.17. The number of nitrogens with zero attached hydrogens (tertiary/aromatic N) is 2. The molecule has 0 bridgehead atoms. The molecule has 9 nitrogen and oxygen atoms in total. The predicted octanol–water partition coefficient (Wildman–Crippen LogP) is 5.18. The highest BCUT2D eigenvalue weighted by atomic mass is 19.4. The van der Waals surface area contributed by atoms with Crippen LogP contribution in [0, 0.1) is 24.6 Å². The minimum Gasteiger partial charge on any atom is -0.442 e. The van der Waals surface area contributed by atoms with Crippen LogP contribution in [0.4, 0.5) is 28.2 Å². The number of amides is 3. The monoisotopic (exact) mass is 583 g/mol. The molecule has 0 fully saturated rings. The highest BCUT2D eigenvalue weighted by molar-refractivity contribution is 6.07. The van der Waals surface area contributed by atoms with Gasteiger partial charge >= 0.3 is 12.3 Å². The summed E-state index contributed by atoms with van der Waals surface area (Å²) < 4.78 is 60.1. The third-order valence-corrected chi connectivity index (χ3v) is 5.06. The Balaban J connectivity index is 1.87. The van der Waals surface area contributed by atoms with Crippen molar-refractivity contribution in [2.75, 3.05) is 5.32 Å². The van der Waals surface area contributed by atoms with Gasteiger partial charge in [-0.2, -0.15) is 13.2 Å². The van der Waals surface area contributed by atoms with E-state index in [1.807, 2.05) is 0 Å². The van der Waals surface area contributed by atoms with Gasteiger partial charge in [-0.1, -0.05) is 17.9 Å². The zero-order valence-corrected chi connectivity index (χ0v) is 22.8. The average molecular weight is 584 g/mol.